The summed E-state index contributed by atoms with van der Waals surface area (Å²) in [5.41, 5.74) is -1.79. The van der Waals surface area contributed by atoms with Crippen LogP contribution in [0, 0.1) is 6.92 Å². The lowest BCUT2D eigenvalue weighted by atomic mass is 9.96. The fourth-order valence-electron chi connectivity index (χ4n) is 3.07. The molecule has 3 heterocycles. The Morgan fingerprint density at radius 2 is 2.25 bits per heavy atom. The third-order valence-electron chi connectivity index (χ3n) is 4.47. The smallest absolute Gasteiger partial charge is 0.368 e. The summed E-state index contributed by atoms with van der Waals surface area (Å²) < 4.78 is 34.3. The van der Waals surface area contributed by atoms with E-state index in [1.807, 2.05) is 6.92 Å². The number of nitrogens with one attached hydrogen (secondary N) is 1. The van der Waals surface area contributed by atoms with Crippen LogP contribution in [-0.4, -0.2) is 46.0 Å². The normalized spacial score (nSPS) is 34.4. The predicted molar refractivity (Wildman–Crippen MR) is 80.7 cm³/mol. The summed E-state index contributed by atoms with van der Waals surface area (Å²) >= 11 is 0. The van der Waals surface area contributed by atoms with Gasteiger partial charge in [-0.3, -0.25) is 23.4 Å². The van der Waals surface area contributed by atoms with Crippen molar-refractivity contribution < 1.29 is 28.0 Å². The van der Waals surface area contributed by atoms with Crippen LogP contribution in [0.2, 0.25) is 0 Å². The molecule has 0 spiro atoms. The van der Waals surface area contributed by atoms with E-state index in [-0.39, 0.29) is 6.61 Å². The van der Waals surface area contributed by atoms with Crippen LogP contribution < -0.4 is 11.2 Å². The van der Waals surface area contributed by atoms with Crippen molar-refractivity contribution in [2.45, 2.75) is 44.3 Å². The molecule has 10 nitrogen and oxygen atoms in total. The van der Waals surface area contributed by atoms with Crippen molar-refractivity contribution in [3.63, 3.8) is 0 Å². The van der Waals surface area contributed by atoms with Crippen molar-refractivity contribution in [3.8, 4) is 0 Å². The molecule has 3 unspecified atom stereocenters. The van der Waals surface area contributed by atoms with Crippen molar-refractivity contribution in [1.29, 1.82) is 0 Å². The highest BCUT2D eigenvalue weighted by molar-refractivity contribution is 7.47. The first-order valence-corrected chi connectivity index (χ1v) is 8.91. The topological polar surface area (TPSA) is 129 Å². The fraction of sp³-hybridized carbons (Fsp3) is 0.692. The molecule has 0 radical (unpaired) electrons. The molecule has 2 N–H and O–H groups in total. The summed E-state index contributed by atoms with van der Waals surface area (Å²) in [5, 5.41) is 0. The second kappa shape index (κ2) is 5.91. The zero-order valence-electron chi connectivity index (χ0n) is 13.4. The Hall–Kier alpha value is -1.29. The lowest BCUT2D eigenvalue weighted by Crippen LogP contribution is -2.42. The molecule has 0 aliphatic carbocycles. The van der Waals surface area contributed by atoms with Gasteiger partial charge < -0.3 is 14.4 Å². The zero-order valence-corrected chi connectivity index (χ0v) is 14.3. The number of phosphoric acid groups is 1. The fourth-order valence-corrected chi connectivity index (χ4v) is 3.75. The summed E-state index contributed by atoms with van der Waals surface area (Å²) in [6.45, 7) is 3.54. The largest absolute Gasteiger partial charge is 0.472 e. The number of nitrogens with zero attached hydrogens (tertiary/aromatic N) is 1. The van der Waals surface area contributed by atoms with Crippen LogP contribution in [0.15, 0.2) is 15.8 Å². The lowest BCUT2D eigenvalue weighted by Gasteiger charge is -2.30. The summed E-state index contributed by atoms with van der Waals surface area (Å²) in [4.78, 5) is 35.5. The van der Waals surface area contributed by atoms with Crippen LogP contribution in [-0.2, 0) is 23.1 Å². The quantitative estimate of drug-likeness (QED) is 0.703. The van der Waals surface area contributed by atoms with Crippen LogP contribution in [0.3, 0.4) is 0 Å². The number of hydrogen-bond donors (Lipinski definition) is 2. The summed E-state index contributed by atoms with van der Waals surface area (Å²) in [6.07, 6.45) is -0.758. The first-order chi connectivity index (χ1) is 11.2. The number of hydrogen-bond acceptors (Lipinski definition) is 7. The van der Waals surface area contributed by atoms with Gasteiger partial charge in [-0.05, 0) is 13.3 Å². The molecule has 11 heteroatoms. The van der Waals surface area contributed by atoms with Gasteiger partial charge in [-0.2, -0.15) is 0 Å². The van der Waals surface area contributed by atoms with Crippen LogP contribution in [0.4, 0.5) is 0 Å². The van der Waals surface area contributed by atoms with E-state index in [4.69, 9.17) is 14.0 Å². The molecule has 2 aliphatic heterocycles. The number of aryl methyl sites for hydroxylation is 1. The number of phosphoric ester groups is 1. The number of ether oxygens (including phenoxy) is 2. The molecule has 3 rings (SSSR count). The number of fused-ring (bicyclic) bond motifs is 2. The number of H-pyrrole nitrogens is 1. The van der Waals surface area contributed by atoms with Crippen molar-refractivity contribution in [1.82, 2.24) is 9.55 Å². The monoisotopic (exact) mass is 362 g/mol. The van der Waals surface area contributed by atoms with Gasteiger partial charge in [0.1, 0.15) is 17.8 Å². The highest BCUT2D eigenvalue weighted by Crippen LogP contribution is 2.54. The molecule has 2 saturated heterocycles. The highest BCUT2D eigenvalue weighted by Gasteiger charge is 2.63. The molecule has 0 amide bonds. The molecule has 5 atom stereocenters. The lowest BCUT2D eigenvalue weighted by molar-refractivity contribution is -0.175. The van der Waals surface area contributed by atoms with E-state index in [1.54, 1.807) is 6.92 Å². The first kappa shape index (κ1) is 17.5. The van der Waals surface area contributed by atoms with Gasteiger partial charge in [-0.25, -0.2) is 9.36 Å². The SMILES string of the molecule is CC[C@@]12COC(C1OP(=O)(O)OC)[C@H](n1cc(C)c(=O)[nH]c1=O)O2. The Kier molecular flexibility index (Phi) is 4.31. The minimum atomic E-state index is -4.27. The Labute approximate surface area is 136 Å². The average molecular weight is 362 g/mol. The van der Waals surface area contributed by atoms with Gasteiger partial charge in [0.15, 0.2) is 6.23 Å². The second-order valence-corrected chi connectivity index (χ2v) is 7.37. The van der Waals surface area contributed by atoms with Crippen molar-refractivity contribution in [2.24, 2.45) is 0 Å². The molecule has 2 bridgehead atoms. The number of aromatic nitrogens is 2. The van der Waals surface area contributed by atoms with Gasteiger partial charge in [-0.15, -0.1) is 0 Å². The maximum Gasteiger partial charge on any atom is 0.472 e. The first-order valence-electron chi connectivity index (χ1n) is 7.41. The Balaban J connectivity index is 2.00. The van der Waals surface area contributed by atoms with Crippen molar-refractivity contribution in [3.05, 3.63) is 32.6 Å². The van der Waals surface area contributed by atoms with E-state index in [0.717, 1.165) is 7.11 Å². The van der Waals surface area contributed by atoms with Gasteiger partial charge in [0.2, 0.25) is 0 Å². The van der Waals surface area contributed by atoms with Gasteiger partial charge in [0.05, 0.1) is 6.61 Å². The van der Waals surface area contributed by atoms with Crippen molar-refractivity contribution >= 4 is 7.82 Å². The average Bonchev–Trinajstić information content (AvgIpc) is 3.03. The van der Waals surface area contributed by atoms with Crippen LogP contribution >= 0.6 is 7.82 Å². The number of aromatic amines is 1. The van der Waals surface area contributed by atoms with Crippen molar-refractivity contribution in [2.75, 3.05) is 13.7 Å². The Morgan fingerprint density at radius 3 is 2.88 bits per heavy atom. The third-order valence-corrected chi connectivity index (χ3v) is 5.42. The molecule has 2 fully saturated rings. The van der Waals surface area contributed by atoms with Crippen LogP contribution in [0.25, 0.3) is 0 Å². The molecule has 24 heavy (non-hydrogen) atoms. The molecule has 0 saturated carbocycles. The summed E-state index contributed by atoms with van der Waals surface area (Å²) in [5.74, 6) is 0. The van der Waals surface area contributed by atoms with Gasteiger partial charge in [-0.1, -0.05) is 6.92 Å². The second-order valence-electron chi connectivity index (χ2n) is 5.86. The maximum atomic E-state index is 12.1. The minimum Gasteiger partial charge on any atom is -0.368 e. The zero-order chi connectivity index (χ0) is 17.7. The summed E-state index contributed by atoms with van der Waals surface area (Å²) in [6, 6.07) is 0. The van der Waals surface area contributed by atoms with Gasteiger partial charge in [0, 0.05) is 18.9 Å². The molecule has 1 aromatic rings. The molecule has 134 valence electrons. The number of rotatable bonds is 5. The third kappa shape index (κ3) is 2.69. The standard InChI is InChI=1S/C13H19N2O8P/c1-4-13-6-21-8(9(13)23-24(18,19)20-3)11(22-13)15-5-7(2)10(16)14-12(15)17/h5,8-9,11H,4,6H2,1-3H3,(H,18,19)(H,14,16,17)/t8?,9?,11-,13-/m1/s1. The molecular formula is C13H19N2O8P. The summed E-state index contributed by atoms with van der Waals surface area (Å²) in [7, 11) is -3.20. The molecule has 0 aromatic carbocycles. The van der Waals surface area contributed by atoms with E-state index in [9.17, 15) is 19.0 Å². The Bertz CT molecular complexity index is 804. The Morgan fingerprint density at radius 1 is 1.54 bits per heavy atom. The van der Waals surface area contributed by atoms with E-state index >= 15 is 0 Å². The predicted octanol–water partition coefficient (Wildman–Crippen LogP) is 0.0534. The van der Waals surface area contributed by atoms with E-state index in [1.165, 1.54) is 10.8 Å². The van der Waals surface area contributed by atoms with Crippen LogP contribution in [0.1, 0.15) is 25.1 Å². The van der Waals surface area contributed by atoms with E-state index in [2.05, 4.69) is 9.51 Å². The molecule has 1 aromatic heterocycles. The maximum absolute atomic E-state index is 12.1. The molecule has 2 aliphatic rings. The highest BCUT2D eigenvalue weighted by atomic mass is 31.2. The minimum absolute atomic E-state index is 0.163. The van der Waals surface area contributed by atoms with E-state index in [0.29, 0.717) is 12.0 Å². The van der Waals surface area contributed by atoms with E-state index < -0.39 is 43.1 Å². The van der Waals surface area contributed by atoms with Gasteiger partial charge >= 0.3 is 13.5 Å². The molecular weight excluding hydrogens is 343 g/mol. The van der Waals surface area contributed by atoms with Crippen LogP contribution in [0.5, 0.6) is 0 Å². The van der Waals surface area contributed by atoms with Gasteiger partial charge in [0.25, 0.3) is 5.56 Å².